The van der Waals surface area contributed by atoms with Gasteiger partial charge in [0.05, 0.1) is 5.56 Å². The summed E-state index contributed by atoms with van der Waals surface area (Å²) in [5, 5.41) is 0. The number of hydrogen-bond acceptors (Lipinski definition) is 2. The van der Waals surface area contributed by atoms with E-state index in [4.69, 9.17) is 4.74 Å². The lowest BCUT2D eigenvalue weighted by Gasteiger charge is -2.36. The smallest absolute Gasteiger partial charge is 0.338 e. The zero-order valence-electron chi connectivity index (χ0n) is 12.1. The van der Waals surface area contributed by atoms with Gasteiger partial charge in [0.25, 0.3) is 0 Å². The summed E-state index contributed by atoms with van der Waals surface area (Å²) < 4.78 is 5.78. The average molecular weight is 260 g/mol. The Morgan fingerprint density at radius 2 is 1.89 bits per heavy atom. The number of hydrogen-bond donors (Lipinski definition) is 0. The number of carbonyl (C=O) groups is 1. The summed E-state index contributed by atoms with van der Waals surface area (Å²) in [6.07, 6.45) is 3.51. The topological polar surface area (TPSA) is 26.3 Å². The van der Waals surface area contributed by atoms with Gasteiger partial charge in [-0.2, -0.15) is 0 Å². The highest BCUT2D eigenvalue weighted by atomic mass is 16.5. The lowest BCUT2D eigenvalue weighted by atomic mass is 9.75. The van der Waals surface area contributed by atoms with Crippen LogP contribution in [0.1, 0.15) is 50.4 Å². The van der Waals surface area contributed by atoms with E-state index in [1.54, 1.807) is 0 Å². The monoisotopic (exact) mass is 260 g/mol. The molecule has 0 spiro atoms. The molecule has 0 aliphatic heterocycles. The first kappa shape index (κ1) is 14.1. The van der Waals surface area contributed by atoms with Gasteiger partial charge in [0.1, 0.15) is 6.10 Å². The molecular formula is C17H24O2. The van der Waals surface area contributed by atoms with Gasteiger partial charge in [0.15, 0.2) is 0 Å². The molecule has 0 saturated heterocycles. The summed E-state index contributed by atoms with van der Waals surface area (Å²) in [4.78, 5) is 12.2. The first-order chi connectivity index (χ1) is 9.08. The molecule has 19 heavy (non-hydrogen) atoms. The van der Waals surface area contributed by atoms with E-state index < -0.39 is 0 Å². The Morgan fingerprint density at radius 3 is 2.53 bits per heavy atom. The molecule has 0 amide bonds. The van der Waals surface area contributed by atoms with Crippen LogP contribution in [-0.4, -0.2) is 12.1 Å². The van der Waals surface area contributed by atoms with E-state index >= 15 is 0 Å². The summed E-state index contributed by atoms with van der Waals surface area (Å²) in [5.41, 5.74) is 0.656. The normalized spacial score (nSPS) is 27.3. The first-order valence-electron chi connectivity index (χ1n) is 7.34. The summed E-state index contributed by atoms with van der Waals surface area (Å²) in [6.45, 7) is 6.70. The van der Waals surface area contributed by atoms with E-state index in [2.05, 4.69) is 20.8 Å². The van der Waals surface area contributed by atoms with Crippen LogP contribution in [0.3, 0.4) is 0 Å². The van der Waals surface area contributed by atoms with Crippen molar-refractivity contribution >= 4 is 5.97 Å². The number of rotatable bonds is 3. The van der Waals surface area contributed by atoms with Crippen molar-refractivity contribution in [2.45, 2.75) is 46.1 Å². The average Bonchev–Trinajstić information content (AvgIpc) is 2.39. The molecule has 1 aromatic rings. The molecule has 3 atom stereocenters. The highest BCUT2D eigenvalue weighted by Crippen LogP contribution is 2.35. The second-order valence-corrected chi connectivity index (χ2v) is 6.14. The van der Waals surface area contributed by atoms with Crippen LogP contribution < -0.4 is 0 Å². The third-order valence-electron chi connectivity index (χ3n) is 4.23. The van der Waals surface area contributed by atoms with Gasteiger partial charge in [-0.15, -0.1) is 0 Å². The molecular weight excluding hydrogens is 236 g/mol. The van der Waals surface area contributed by atoms with Crippen molar-refractivity contribution in [3.05, 3.63) is 35.9 Å². The minimum Gasteiger partial charge on any atom is -0.458 e. The van der Waals surface area contributed by atoms with Gasteiger partial charge < -0.3 is 4.74 Å². The van der Waals surface area contributed by atoms with Crippen molar-refractivity contribution in [1.82, 2.24) is 0 Å². The summed E-state index contributed by atoms with van der Waals surface area (Å²) in [5.74, 6) is 1.55. The van der Waals surface area contributed by atoms with Crippen LogP contribution in [0.15, 0.2) is 30.3 Å². The van der Waals surface area contributed by atoms with Gasteiger partial charge in [-0.25, -0.2) is 4.79 Å². The van der Waals surface area contributed by atoms with Gasteiger partial charge >= 0.3 is 5.97 Å². The molecule has 2 heteroatoms. The largest absolute Gasteiger partial charge is 0.458 e. The molecule has 2 rings (SSSR count). The molecule has 104 valence electrons. The van der Waals surface area contributed by atoms with Crippen LogP contribution in [0, 0.1) is 17.8 Å². The maximum atomic E-state index is 12.2. The number of benzene rings is 1. The van der Waals surface area contributed by atoms with E-state index in [1.165, 1.54) is 12.8 Å². The molecule has 1 aliphatic rings. The van der Waals surface area contributed by atoms with E-state index in [9.17, 15) is 4.79 Å². The molecule has 1 saturated carbocycles. The van der Waals surface area contributed by atoms with Crippen LogP contribution in [-0.2, 0) is 4.74 Å². The Bertz CT molecular complexity index is 411. The van der Waals surface area contributed by atoms with E-state index in [0.29, 0.717) is 23.3 Å². The van der Waals surface area contributed by atoms with Crippen molar-refractivity contribution in [2.75, 3.05) is 0 Å². The Kier molecular flexibility index (Phi) is 4.62. The fraction of sp³-hybridized carbons (Fsp3) is 0.588. The Morgan fingerprint density at radius 1 is 1.21 bits per heavy atom. The molecule has 2 nitrogen and oxygen atoms in total. The Hall–Kier alpha value is -1.31. The third-order valence-corrected chi connectivity index (χ3v) is 4.23. The van der Waals surface area contributed by atoms with Crippen LogP contribution in [0.2, 0.25) is 0 Å². The van der Waals surface area contributed by atoms with Gasteiger partial charge in [-0.1, -0.05) is 45.4 Å². The third kappa shape index (κ3) is 3.59. The minimum atomic E-state index is -0.176. The van der Waals surface area contributed by atoms with Crippen molar-refractivity contribution < 1.29 is 9.53 Å². The maximum absolute atomic E-state index is 12.2. The molecule has 0 radical (unpaired) electrons. The Balaban J connectivity index is 2.04. The lowest BCUT2D eigenvalue weighted by molar-refractivity contribution is -0.0174. The molecule has 1 fully saturated rings. The standard InChI is InChI=1S/C17H24O2/c1-12(2)15-10-9-13(3)11-16(15)19-17(18)14-7-5-4-6-8-14/h4-8,12-13,15-16H,9-11H2,1-3H3/t13-,15-,16+/m1/s1. The van der Waals surface area contributed by atoms with Gasteiger partial charge in [-0.05, 0) is 42.7 Å². The number of ether oxygens (including phenoxy) is 1. The molecule has 0 N–H and O–H groups in total. The second-order valence-electron chi connectivity index (χ2n) is 6.14. The molecule has 0 heterocycles. The highest BCUT2D eigenvalue weighted by Gasteiger charge is 2.33. The van der Waals surface area contributed by atoms with Crippen molar-refractivity contribution in [3.8, 4) is 0 Å². The van der Waals surface area contributed by atoms with Crippen LogP contribution in [0.4, 0.5) is 0 Å². The zero-order chi connectivity index (χ0) is 13.8. The van der Waals surface area contributed by atoms with Crippen molar-refractivity contribution in [2.24, 2.45) is 17.8 Å². The fourth-order valence-corrected chi connectivity index (χ4v) is 3.03. The molecule has 0 bridgehead atoms. The second kappa shape index (κ2) is 6.23. The summed E-state index contributed by atoms with van der Waals surface area (Å²) in [6, 6.07) is 9.30. The molecule has 1 aromatic carbocycles. The SMILES string of the molecule is CC(C)[C@H]1CC[C@@H](C)C[C@@H]1OC(=O)c1ccccc1. The maximum Gasteiger partial charge on any atom is 0.338 e. The van der Waals surface area contributed by atoms with E-state index in [1.807, 2.05) is 30.3 Å². The molecule has 0 aromatic heterocycles. The summed E-state index contributed by atoms with van der Waals surface area (Å²) >= 11 is 0. The molecule has 0 unspecified atom stereocenters. The van der Waals surface area contributed by atoms with E-state index in [-0.39, 0.29) is 12.1 Å². The summed E-state index contributed by atoms with van der Waals surface area (Å²) in [7, 11) is 0. The fourth-order valence-electron chi connectivity index (χ4n) is 3.03. The van der Waals surface area contributed by atoms with E-state index in [0.717, 1.165) is 6.42 Å². The van der Waals surface area contributed by atoms with Crippen LogP contribution in [0.5, 0.6) is 0 Å². The van der Waals surface area contributed by atoms with Crippen molar-refractivity contribution in [1.29, 1.82) is 0 Å². The molecule has 1 aliphatic carbocycles. The predicted octanol–water partition coefficient (Wildman–Crippen LogP) is 4.30. The zero-order valence-corrected chi connectivity index (χ0v) is 12.1. The predicted molar refractivity (Wildman–Crippen MR) is 77.0 cm³/mol. The van der Waals surface area contributed by atoms with Gasteiger partial charge in [0, 0.05) is 0 Å². The number of carbonyl (C=O) groups excluding carboxylic acids is 1. The van der Waals surface area contributed by atoms with Gasteiger partial charge in [-0.3, -0.25) is 0 Å². The Labute approximate surface area is 116 Å². The first-order valence-corrected chi connectivity index (χ1v) is 7.34. The number of esters is 1. The quantitative estimate of drug-likeness (QED) is 0.757. The lowest BCUT2D eigenvalue weighted by Crippen LogP contribution is -2.35. The minimum absolute atomic E-state index is 0.0801. The van der Waals surface area contributed by atoms with Crippen molar-refractivity contribution in [3.63, 3.8) is 0 Å². The highest BCUT2D eigenvalue weighted by molar-refractivity contribution is 5.89. The van der Waals surface area contributed by atoms with Crippen LogP contribution >= 0.6 is 0 Å². The van der Waals surface area contributed by atoms with Gasteiger partial charge in [0.2, 0.25) is 0 Å². The van der Waals surface area contributed by atoms with Crippen LogP contribution in [0.25, 0.3) is 0 Å².